The van der Waals surface area contributed by atoms with Crippen molar-refractivity contribution in [3.05, 3.63) is 101 Å². The number of hydrogen-bond donors (Lipinski definition) is 1. The van der Waals surface area contributed by atoms with E-state index in [9.17, 15) is 9.59 Å². The van der Waals surface area contributed by atoms with Crippen molar-refractivity contribution >= 4 is 35.1 Å². The lowest BCUT2D eigenvalue weighted by Crippen LogP contribution is -2.12. The van der Waals surface area contributed by atoms with Gasteiger partial charge in [-0.3, -0.25) is 9.59 Å². The summed E-state index contributed by atoms with van der Waals surface area (Å²) in [7, 11) is 0. The van der Waals surface area contributed by atoms with Crippen LogP contribution in [0.15, 0.2) is 78.9 Å². The quantitative estimate of drug-likeness (QED) is 0.359. The van der Waals surface area contributed by atoms with Crippen LogP contribution in [0, 0.1) is 0 Å². The van der Waals surface area contributed by atoms with Gasteiger partial charge in [-0.15, -0.1) is 0 Å². The number of carbonyl (C=O) groups is 2. The van der Waals surface area contributed by atoms with E-state index in [1.807, 2.05) is 30.3 Å². The Morgan fingerprint density at radius 2 is 1.73 bits per heavy atom. The number of anilines is 1. The summed E-state index contributed by atoms with van der Waals surface area (Å²) >= 11 is 6.08. The number of halogens is 1. The van der Waals surface area contributed by atoms with Gasteiger partial charge < -0.3 is 10.1 Å². The number of ether oxygens (including phenoxy) is 1. The predicted molar refractivity (Wildman–Crippen MR) is 121 cm³/mol. The molecule has 0 heterocycles. The molecule has 0 atom stereocenters. The summed E-state index contributed by atoms with van der Waals surface area (Å²) in [5.74, 6) is 0.245. The van der Waals surface area contributed by atoms with E-state index >= 15 is 0 Å². The van der Waals surface area contributed by atoms with Crippen LogP contribution >= 0.6 is 11.6 Å². The zero-order valence-electron chi connectivity index (χ0n) is 16.6. The van der Waals surface area contributed by atoms with Crippen LogP contribution in [0.1, 0.15) is 34.8 Å². The topological polar surface area (TPSA) is 55.4 Å². The van der Waals surface area contributed by atoms with Crippen LogP contribution < -0.4 is 10.1 Å². The smallest absolute Gasteiger partial charge is 0.248 e. The summed E-state index contributed by atoms with van der Waals surface area (Å²) in [5, 5.41) is 3.19. The number of carbonyl (C=O) groups excluding carboxylic acids is 2. The molecule has 0 aliphatic carbocycles. The molecule has 5 heteroatoms. The van der Waals surface area contributed by atoms with E-state index in [1.165, 1.54) is 6.08 Å². The number of benzene rings is 3. The second kappa shape index (κ2) is 10.4. The third kappa shape index (κ3) is 5.82. The van der Waals surface area contributed by atoms with Crippen molar-refractivity contribution in [3.8, 4) is 5.75 Å². The molecule has 0 unspecified atom stereocenters. The summed E-state index contributed by atoms with van der Waals surface area (Å²) in [6.45, 7) is 2.72. The van der Waals surface area contributed by atoms with E-state index in [0.29, 0.717) is 28.4 Å². The lowest BCUT2D eigenvalue weighted by Gasteiger charge is -2.10. The van der Waals surface area contributed by atoms with E-state index in [-0.39, 0.29) is 11.7 Å². The van der Waals surface area contributed by atoms with Crippen LogP contribution in [0.4, 0.5) is 5.69 Å². The highest BCUT2D eigenvalue weighted by Crippen LogP contribution is 2.24. The molecule has 0 spiro atoms. The summed E-state index contributed by atoms with van der Waals surface area (Å²) < 4.78 is 5.55. The van der Waals surface area contributed by atoms with Crippen molar-refractivity contribution in [2.75, 3.05) is 11.9 Å². The average molecular weight is 420 g/mol. The summed E-state index contributed by atoms with van der Waals surface area (Å²) in [6.07, 6.45) is 4.07. The highest BCUT2D eigenvalue weighted by molar-refractivity contribution is 6.31. The van der Waals surface area contributed by atoms with Crippen molar-refractivity contribution in [1.82, 2.24) is 0 Å². The van der Waals surface area contributed by atoms with Crippen LogP contribution in [0.2, 0.25) is 5.02 Å². The fourth-order valence-electron chi connectivity index (χ4n) is 2.80. The fraction of sp³-hybridized carbons (Fsp3) is 0.120. The number of nitrogens with one attached hydrogen (secondary N) is 1. The Morgan fingerprint density at radius 3 is 2.43 bits per heavy atom. The predicted octanol–water partition coefficient (Wildman–Crippen LogP) is 6.01. The molecule has 0 aliphatic rings. The molecule has 3 aromatic rings. The molecule has 3 rings (SSSR count). The number of amides is 1. The van der Waals surface area contributed by atoms with Crippen LogP contribution in [-0.2, 0) is 4.79 Å². The Balaban J connectivity index is 1.72. The van der Waals surface area contributed by atoms with E-state index in [2.05, 4.69) is 12.2 Å². The van der Waals surface area contributed by atoms with E-state index < -0.39 is 0 Å². The van der Waals surface area contributed by atoms with Gasteiger partial charge in [0.25, 0.3) is 0 Å². The van der Waals surface area contributed by atoms with Gasteiger partial charge in [0.05, 0.1) is 12.3 Å². The average Bonchev–Trinajstić information content (AvgIpc) is 2.78. The summed E-state index contributed by atoms with van der Waals surface area (Å²) in [4.78, 5) is 25.3. The van der Waals surface area contributed by atoms with Gasteiger partial charge in [-0.05, 0) is 48.4 Å². The number of rotatable bonds is 8. The van der Waals surface area contributed by atoms with Crippen molar-refractivity contribution in [2.45, 2.75) is 13.3 Å². The second-order valence-corrected chi connectivity index (χ2v) is 7.06. The monoisotopic (exact) mass is 419 g/mol. The Labute approximate surface area is 181 Å². The molecule has 0 radical (unpaired) electrons. The molecule has 4 nitrogen and oxygen atoms in total. The lowest BCUT2D eigenvalue weighted by molar-refractivity contribution is -0.111. The lowest BCUT2D eigenvalue weighted by atomic mass is 10.0. The SMILES string of the molecule is CCCOc1ccc(/C=C/C(=O)Nc2ccc(Cl)cc2C(=O)c2ccccc2)cc1. The molecular formula is C25H22ClNO3. The van der Waals surface area contributed by atoms with E-state index in [0.717, 1.165) is 17.7 Å². The van der Waals surface area contributed by atoms with Gasteiger partial charge in [-0.1, -0.05) is 61.0 Å². The molecule has 30 heavy (non-hydrogen) atoms. The minimum absolute atomic E-state index is 0.208. The Bertz CT molecular complexity index is 1040. The first kappa shape index (κ1) is 21.3. The van der Waals surface area contributed by atoms with Crippen LogP contribution in [0.5, 0.6) is 5.75 Å². The van der Waals surface area contributed by atoms with Crippen molar-refractivity contribution < 1.29 is 14.3 Å². The highest BCUT2D eigenvalue weighted by Gasteiger charge is 2.15. The third-order valence-corrected chi connectivity index (χ3v) is 4.54. The van der Waals surface area contributed by atoms with Gasteiger partial charge in [-0.2, -0.15) is 0 Å². The minimum atomic E-state index is -0.342. The van der Waals surface area contributed by atoms with Gasteiger partial charge in [0.15, 0.2) is 5.78 Å². The van der Waals surface area contributed by atoms with Crippen LogP contribution in [0.25, 0.3) is 6.08 Å². The first-order chi connectivity index (χ1) is 14.6. The molecule has 152 valence electrons. The zero-order valence-corrected chi connectivity index (χ0v) is 17.4. The van der Waals surface area contributed by atoms with E-state index in [4.69, 9.17) is 16.3 Å². The Hall–Kier alpha value is -3.37. The Morgan fingerprint density at radius 1 is 1.00 bits per heavy atom. The van der Waals surface area contributed by atoms with Gasteiger partial charge in [0.2, 0.25) is 5.91 Å². The number of hydrogen-bond acceptors (Lipinski definition) is 3. The van der Waals surface area contributed by atoms with Crippen molar-refractivity contribution in [3.63, 3.8) is 0 Å². The van der Waals surface area contributed by atoms with Gasteiger partial charge in [0.1, 0.15) is 5.75 Å². The van der Waals surface area contributed by atoms with Crippen LogP contribution in [0.3, 0.4) is 0 Å². The molecule has 0 fully saturated rings. The summed E-state index contributed by atoms with van der Waals surface area (Å²) in [5.41, 5.74) is 2.14. The molecule has 0 saturated heterocycles. The molecule has 0 saturated carbocycles. The first-order valence-corrected chi connectivity index (χ1v) is 10.1. The molecule has 3 aromatic carbocycles. The molecule has 1 amide bonds. The summed E-state index contributed by atoms with van der Waals surface area (Å²) in [6, 6.07) is 21.2. The van der Waals surface area contributed by atoms with E-state index in [1.54, 1.807) is 48.5 Å². The maximum atomic E-state index is 12.8. The Kier molecular flexibility index (Phi) is 7.41. The van der Waals surface area contributed by atoms with Gasteiger partial charge >= 0.3 is 0 Å². The molecule has 0 aromatic heterocycles. The largest absolute Gasteiger partial charge is 0.494 e. The van der Waals surface area contributed by atoms with Crippen molar-refractivity contribution in [1.29, 1.82) is 0 Å². The zero-order chi connectivity index (χ0) is 21.3. The number of ketones is 1. The van der Waals surface area contributed by atoms with Gasteiger partial charge in [-0.25, -0.2) is 0 Å². The first-order valence-electron chi connectivity index (χ1n) is 9.68. The molecular weight excluding hydrogens is 398 g/mol. The normalized spacial score (nSPS) is 10.7. The standard InChI is InChI=1S/C25H22ClNO3/c1-2-16-30-21-12-8-18(9-13-21)10-15-24(28)27-23-14-11-20(26)17-22(23)25(29)19-6-4-3-5-7-19/h3-15,17H,2,16H2,1H3,(H,27,28)/b15-10+. The third-order valence-electron chi connectivity index (χ3n) is 4.30. The maximum absolute atomic E-state index is 12.8. The second-order valence-electron chi connectivity index (χ2n) is 6.63. The molecule has 1 N–H and O–H groups in total. The van der Waals surface area contributed by atoms with Gasteiger partial charge in [0, 0.05) is 22.2 Å². The minimum Gasteiger partial charge on any atom is -0.494 e. The molecule has 0 aliphatic heterocycles. The fourth-order valence-corrected chi connectivity index (χ4v) is 2.97. The molecule has 0 bridgehead atoms. The highest BCUT2D eigenvalue weighted by atomic mass is 35.5. The van der Waals surface area contributed by atoms with Crippen LogP contribution in [-0.4, -0.2) is 18.3 Å². The maximum Gasteiger partial charge on any atom is 0.248 e. The van der Waals surface area contributed by atoms with Crippen molar-refractivity contribution in [2.24, 2.45) is 0 Å².